The van der Waals surface area contributed by atoms with Gasteiger partial charge < -0.3 is 17.5 Å². The third kappa shape index (κ3) is 4.33. The summed E-state index contributed by atoms with van der Waals surface area (Å²) in [6, 6.07) is 8.71. The van der Waals surface area contributed by atoms with Crippen LogP contribution in [0.25, 0.3) is 0 Å². The molecule has 1 N–H and O–H groups in total. The molecule has 0 fully saturated rings. The first-order chi connectivity index (χ1) is 3.39. The Morgan fingerprint density at radius 1 is 1.00 bits per heavy atom. The number of hydrogen-bond donors (Lipinski definition) is 1. The van der Waals surface area contributed by atoms with Gasteiger partial charge in [-0.25, -0.2) is 0 Å². The predicted octanol–water partition coefficient (Wildman–Crippen LogP) is -1.61. The normalized spacial score (nSPS) is 6.67. The molecular weight excluding hydrogens is 182 g/mol. The van der Waals surface area contributed by atoms with Gasteiger partial charge in [-0.05, 0) is 12.1 Å². The molecule has 53 valence electrons. The van der Waals surface area contributed by atoms with Crippen molar-refractivity contribution in [1.82, 2.24) is 0 Å². The van der Waals surface area contributed by atoms with Crippen LogP contribution in [0.4, 0.5) is 0 Å². The topological polar surface area (TPSA) is 20.2 Å². The maximum Gasteiger partial charge on any atom is 0.115 e. The molecule has 1 aromatic carbocycles. The number of aromatic hydroxyl groups is 1. The molecule has 0 aliphatic heterocycles. The molecule has 0 unspecified atom stereocenters. The van der Waals surface area contributed by atoms with E-state index in [0.29, 0.717) is 5.75 Å². The minimum Gasteiger partial charge on any atom is -1.00 e. The zero-order valence-electron chi connectivity index (χ0n) is 4.55. The Labute approximate surface area is 70.7 Å². The van der Waals surface area contributed by atoms with Crippen LogP contribution in [0.1, 0.15) is 0 Å². The summed E-state index contributed by atoms with van der Waals surface area (Å²) in [5, 5.41) is 8.63. The summed E-state index contributed by atoms with van der Waals surface area (Å²) in [4.78, 5) is 0. The Kier molecular flexibility index (Phi) is 7.66. The van der Waals surface area contributed by atoms with E-state index in [0.717, 1.165) is 0 Å². The second-order valence-corrected chi connectivity index (χ2v) is 1.34. The van der Waals surface area contributed by atoms with Crippen LogP contribution in [0, 0.1) is 0 Å². The molecule has 0 saturated heterocycles. The van der Waals surface area contributed by atoms with Gasteiger partial charge in [0.15, 0.2) is 0 Å². The monoisotopic (exact) mass is 188 g/mol. The summed E-state index contributed by atoms with van der Waals surface area (Å²) < 4.78 is 0. The zero-order valence-corrected chi connectivity index (χ0v) is 6.34. The molecule has 3 heteroatoms. The maximum atomic E-state index is 8.63. The van der Waals surface area contributed by atoms with Crippen molar-refractivity contribution in [2.75, 3.05) is 0 Å². The molecule has 0 aromatic heterocycles. The number of halogens is 1. The van der Waals surface area contributed by atoms with Crippen LogP contribution in [-0.2, 0) is 16.8 Å². The molecule has 0 heterocycles. The minimum absolute atomic E-state index is 0. The number of rotatable bonds is 0. The van der Waals surface area contributed by atoms with Crippen molar-refractivity contribution in [3.8, 4) is 5.75 Å². The van der Waals surface area contributed by atoms with Crippen molar-refractivity contribution >= 4 is 0 Å². The third-order valence-electron chi connectivity index (χ3n) is 0.756. The van der Waals surface area contributed by atoms with E-state index in [-0.39, 0.29) is 29.2 Å². The van der Waals surface area contributed by atoms with Crippen LogP contribution >= 0.6 is 0 Å². The van der Waals surface area contributed by atoms with Gasteiger partial charge in [0, 0.05) is 16.8 Å². The molecule has 9 heavy (non-hydrogen) atoms. The number of hydrogen-bond acceptors (Lipinski definition) is 1. The van der Waals surface area contributed by atoms with Gasteiger partial charge in [0.2, 0.25) is 0 Å². The molecule has 0 aliphatic carbocycles. The molecule has 0 amide bonds. The van der Waals surface area contributed by atoms with Gasteiger partial charge in [-0.15, -0.1) is 0 Å². The molecule has 1 nitrogen and oxygen atoms in total. The summed E-state index contributed by atoms with van der Waals surface area (Å²) in [6.07, 6.45) is 0. The summed E-state index contributed by atoms with van der Waals surface area (Å²) in [5.74, 6) is 0.322. The van der Waals surface area contributed by atoms with Gasteiger partial charge in [0.1, 0.15) is 5.75 Å². The molecule has 1 rings (SSSR count). The average molecular weight is 188 g/mol. The van der Waals surface area contributed by atoms with E-state index in [4.69, 9.17) is 5.11 Å². The largest absolute Gasteiger partial charge is 1.00 e. The second kappa shape index (κ2) is 5.94. The third-order valence-corrected chi connectivity index (χ3v) is 0.756. The first-order valence-corrected chi connectivity index (χ1v) is 2.13. The Morgan fingerprint density at radius 2 is 1.44 bits per heavy atom. The van der Waals surface area contributed by atoms with Crippen molar-refractivity contribution in [2.24, 2.45) is 0 Å². The molecule has 0 spiro atoms. The van der Waals surface area contributed by atoms with Crippen molar-refractivity contribution in [1.29, 1.82) is 0 Å². The van der Waals surface area contributed by atoms with Crippen molar-refractivity contribution < 1.29 is 34.3 Å². The summed E-state index contributed by atoms with van der Waals surface area (Å²) in [7, 11) is 0. The second-order valence-electron chi connectivity index (χ2n) is 1.34. The Morgan fingerprint density at radius 3 is 1.67 bits per heavy atom. The van der Waals surface area contributed by atoms with Gasteiger partial charge in [-0.2, -0.15) is 0 Å². The van der Waals surface area contributed by atoms with Gasteiger partial charge in [0.05, 0.1) is 0 Å². The first-order valence-electron chi connectivity index (χ1n) is 2.13. The van der Waals surface area contributed by atoms with E-state index in [1.54, 1.807) is 24.3 Å². The Bertz CT molecular complexity index is 143. The number of phenols is 1. The van der Waals surface area contributed by atoms with Crippen LogP contribution in [0.2, 0.25) is 0 Å². The van der Waals surface area contributed by atoms with Crippen LogP contribution in [-0.4, -0.2) is 5.11 Å². The summed E-state index contributed by atoms with van der Waals surface area (Å²) in [5.41, 5.74) is 0. The SMILES string of the molecule is Oc1ccccc1.[Cl-].[Co]. The number of benzene rings is 1. The molecule has 1 radical (unpaired) electrons. The van der Waals surface area contributed by atoms with Gasteiger partial charge in [-0.1, -0.05) is 18.2 Å². The minimum atomic E-state index is 0. The zero-order chi connectivity index (χ0) is 5.11. The molecule has 1 aromatic rings. The van der Waals surface area contributed by atoms with E-state index < -0.39 is 0 Å². The smallest absolute Gasteiger partial charge is 0.115 e. The van der Waals surface area contributed by atoms with Crippen molar-refractivity contribution in [3.05, 3.63) is 30.3 Å². The van der Waals surface area contributed by atoms with E-state index in [9.17, 15) is 0 Å². The summed E-state index contributed by atoms with van der Waals surface area (Å²) >= 11 is 0. The van der Waals surface area contributed by atoms with E-state index >= 15 is 0 Å². The van der Waals surface area contributed by atoms with Gasteiger partial charge in [0.25, 0.3) is 0 Å². The van der Waals surface area contributed by atoms with Crippen LogP contribution in [0.3, 0.4) is 0 Å². The summed E-state index contributed by atoms with van der Waals surface area (Å²) in [6.45, 7) is 0. The average Bonchev–Trinajstić information content (AvgIpc) is 1.69. The standard InChI is InChI=1S/C6H6O.ClH.Co/c7-6-4-2-1-3-5-6;;/h1-5,7H;1H;/p-1. The maximum absolute atomic E-state index is 8.63. The fourth-order valence-electron chi connectivity index (χ4n) is 0.428. The van der Waals surface area contributed by atoms with Gasteiger partial charge >= 0.3 is 0 Å². The molecule has 0 aliphatic rings. The van der Waals surface area contributed by atoms with E-state index in [1.807, 2.05) is 6.07 Å². The first kappa shape index (κ1) is 11.6. The van der Waals surface area contributed by atoms with Crippen LogP contribution < -0.4 is 12.4 Å². The van der Waals surface area contributed by atoms with Crippen molar-refractivity contribution in [2.45, 2.75) is 0 Å². The molecule has 0 saturated carbocycles. The van der Waals surface area contributed by atoms with Gasteiger partial charge in [-0.3, -0.25) is 0 Å². The Balaban J connectivity index is 0. The molecular formula is C6H6ClCoO-. The quantitative estimate of drug-likeness (QED) is 0.520. The fourth-order valence-corrected chi connectivity index (χ4v) is 0.428. The van der Waals surface area contributed by atoms with E-state index in [1.165, 1.54) is 0 Å². The van der Waals surface area contributed by atoms with Crippen molar-refractivity contribution in [3.63, 3.8) is 0 Å². The number of para-hydroxylation sites is 1. The molecule has 0 atom stereocenters. The predicted molar refractivity (Wildman–Crippen MR) is 28.1 cm³/mol. The van der Waals surface area contributed by atoms with Crippen LogP contribution in [0.15, 0.2) is 30.3 Å². The molecule has 0 bridgehead atoms. The van der Waals surface area contributed by atoms with Crippen LogP contribution in [0.5, 0.6) is 5.75 Å². The fraction of sp³-hybridized carbons (Fsp3) is 0. The van der Waals surface area contributed by atoms with E-state index in [2.05, 4.69) is 0 Å². The Hall–Kier alpha value is -0.184. The number of phenolic OH excluding ortho intramolecular Hbond substituents is 1.